The van der Waals surface area contributed by atoms with Gasteiger partial charge < -0.3 is 15.4 Å². The van der Waals surface area contributed by atoms with E-state index in [0.717, 1.165) is 18.4 Å². The van der Waals surface area contributed by atoms with Gasteiger partial charge in [-0.05, 0) is 31.4 Å². The first-order valence-corrected chi connectivity index (χ1v) is 18.4. The number of unbranched alkanes of at least 4 members (excludes halogenated alkanes) is 4. The number of allylic oxidation sites excluding steroid dienone is 1. The van der Waals surface area contributed by atoms with E-state index in [1.54, 1.807) is 13.0 Å². The number of amides is 2. The van der Waals surface area contributed by atoms with Crippen LogP contribution in [-0.4, -0.2) is 62.1 Å². The molecule has 1 aromatic heterocycles. The van der Waals surface area contributed by atoms with E-state index in [9.17, 15) is 19.2 Å². The molecule has 0 fully saturated rings. The molecule has 0 saturated carbocycles. The molecule has 12 heteroatoms. The number of nitrogens with zero attached hydrogens (tertiary/aromatic N) is 2. The van der Waals surface area contributed by atoms with Crippen molar-refractivity contribution in [2.45, 2.75) is 95.9 Å². The number of nitrogens with one attached hydrogen (secondary N) is 2. The van der Waals surface area contributed by atoms with Crippen LogP contribution in [0.2, 0.25) is 0 Å². The molecule has 2 N–H and O–H groups in total. The predicted molar refractivity (Wildman–Crippen MR) is 183 cm³/mol. The van der Waals surface area contributed by atoms with Crippen molar-refractivity contribution >= 4 is 62.8 Å². The molecule has 0 spiro atoms. The molecule has 2 aromatic rings. The Morgan fingerprint density at radius 1 is 1.16 bits per heavy atom. The molecule has 3 heterocycles. The number of benzene rings is 1. The molecule has 1 unspecified atom stereocenters. The number of ether oxygens (including phenoxy) is 1. The Labute approximate surface area is 277 Å². The minimum atomic E-state index is -1.08. The van der Waals surface area contributed by atoms with E-state index in [0.29, 0.717) is 40.1 Å². The van der Waals surface area contributed by atoms with Crippen LogP contribution in [0.25, 0.3) is 0 Å². The van der Waals surface area contributed by atoms with Crippen molar-refractivity contribution in [1.82, 2.24) is 15.6 Å². The summed E-state index contributed by atoms with van der Waals surface area (Å²) in [6.07, 6.45) is 9.54. The summed E-state index contributed by atoms with van der Waals surface area (Å²) >= 11 is 4.17. The number of rotatable bonds is 12. The fourth-order valence-corrected chi connectivity index (χ4v) is 7.53. The number of fused-ring (bicyclic) bond motifs is 4. The van der Waals surface area contributed by atoms with Crippen LogP contribution in [0.4, 0.5) is 0 Å². The molecule has 2 aliphatic rings. The lowest BCUT2D eigenvalue weighted by Crippen LogP contribution is -2.52. The average Bonchev–Trinajstić information content (AvgIpc) is 3.67. The highest BCUT2D eigenvalue weighted by Gasteiger charge is 2.41. The van der Waals surface area contributed by atoms with Gasteiger partial charge in [-0.2, -0.15) is 0 Å². The van der Waals surface area contributed by atoms with Crippen LogP contribution in [0.3, 0.4) is 0 Å². The number of aliphatic imine (C=N–C) groups is 1. The zero-order chi connectivity index (χ0) is 32.1. The van der Waals surface area contributed by atoms with Gasteiger partial charge in [0.2, 0.25) is 11.8 Å². The van der Waals surface area contributed by atoms with Crippen molar-refractivity contribution < 1.29 is 23.9 Å². The van der Waals surface area contributed by atoms with Crippen LogP contribution in [-0.2, 0) is 36.9 Å². The number of aromatic nitrogens is 1. The Bertz CT molecular complexity index is 1380. The fraction of sp³-hybridized carbons (Fsp3) is 0.515. The van der Waals surface area contributed by atoms with Crippen molar-refractivity contribution in [3.05, 3.63) is 64.1 Å². The molecule has 0 radical (unpaired) electrons. The highest BCUT2D eigenvalue weighted by atomic mass is 32.2. The van der Waals surface area contributed by atoms with Gasteiger partial charge in [-0.15, -0.1) is 23.1 Å². The maximum atomic E-state index is 13.6. The van der Waals surface area contributed by atoms with Gasteiger partial charge in [0, 0.05) is 29.7 Å². The summed E-state index contributed by atoms with van der Waals surface area (Å²) in [5.41, 5.74) is 0.455. The summed E-state index contributed by atoms with van der Waals surface area (Å²) in [4.78, 5) is 61.7. The molecule has 4 bridgehead atoms. The van der Waals surface area contributed by atoms with E-state index in [-0.39, 0.29) is 36.3 Å². The summed E-state index contributed by atoms with van der Waals surface area (Å²) in [6, 6.07) is 8.42. The Balaban J connectivity index is 1.46. The van der Waals surface area contributed by atoms with Crippen LogP contribution in [0, 0.1) is 0 Å². The number of carbonyl (C=O) groups excluding carboxylic acids is 4. The molecule has 0 saturated heterocycles. The van der Waals surface area contributed by atoms with Crippen molar-refractivity contribution in [2.75, 3.05) is 11.5 Å². The SMILES string of the molecule is CCCCCCCC(=O)SCC/C=C/[C@@H]1CC(=O)NCc2nc(cs2)C2=N[C@@](C)(CS2)C(=O)NC(Cc2ccccc2)C(=O)O1. The third-order valence-corrected chi connectivity index (χ3v) is 10.5. The number of carbonyl (C=O) groups is 4. The smallest absolute Gasteiger partial charge is 0.329 e. The number of thiazole rings is 1. The zero-order valence-electron chi connectivity index (χ0n) is 25.9. The quantitative estimate of drug-likeness (QED) is 0.169. The van der Waals surface area contributed by atoms with E-state index >= 15 is 0 Å². The second kappa shape index (κ2) is 17.7. The third kappa shape index (κ3) is 11.1. The van der Waals surface area contributed by atoms with E-state index in [4.69, 9.17) is 9.73 Å². The topological polar surface area (TPSA) is 127 Å². The van der Waals surface area contributed by atoms with Gasteiger partial charge in [0.05, 0.1) is 13.0 Å². The minimum Gasteiger partial charge on any atom is -0.456 e. The van der Waals surface area contributed by atoms with Gasteiger partial charge in [-0.3, -0.25) is 19.4 Å². The molecule has 2 amide bonds. The zero-order valence-corrected chi connectivity index (χ0v) is 28.4. The molecule has 242 valence electrons. The van der Waals surface area contributed by atoms with Gasteiger partial charge >= 0.3 is 5.97 Å². The number of cyclic esters (lactones) is 1. The van der Waals surface area contributed by atoms with E-state index in [1.807, 2.05) is 41.8 Å². The fourth-order valence-electron chi connectivity index (χ4n) is 4.84. The molecule has 1 aromatic carbocycles. The van der Waals surface area contributed by atoms with Crippen molar-refractivity contribution in [1.29, 1.82) is 0 Å². The highest BCUT2D eigenvalue weighted by molar-refractivity contribution is 8.14. The lowest BCUT2D eigenvalue weighted by atomic mass is 10.0. The van der Waals surface area contributed by atoms with Gasteiger partial charge in [-0.25, -0.2) is 9.78 Å². The number of esters is 1. The van der Waals surface area contributed by atoms with Gasteiger partial charge in [0.1, 0.15) is 33.4 Å². The molecular weight excluding hydrogens is 629 g/mol. The summed E-state index contributed by atoms with van der Waals surface area (Å²) in [6.45, 7) is 4.16. The Hall–Kier alpha value is -2.96. The normalized spacial score (nSPS) is 22.5. The largest absolute Gasteiger partial charge is 0.456 e. The minimum absolute atomic E-state index is 0.0867. The summed E-state index contributed by atoms with van der Waals surface area (Å²) in [5, 5.41) is 9.21. The Kier molecular flexibility index (Phi) is 13.7. The van der Waals surface area contributed by atoms with Crippen LogP contribution >= 0.6 is 34.9 Å². The van der Waals surface area contributed by atoms with Crippen LogP contribution < -0.4 is 10.6 Å². The summed E-state index contributed by atoms with van der Waals surface area (Å²) < 4.78 is 5.88. The predicted octanol–water partition coefficient (Wildman–Crippen LogP) is 5.62. The lowest BCUT2D eigenvalue weighted by Gasteiger charge is -2.25. The van der Waals surface area contributed by atoms with Gasteiger partial charge in [-0.1, -0.05) is 80.8 Å². The first kappa shape index (κ1) is 34.9. The standard InChI is InChI=1S/C33H42N4O5S3/c1-3-4-5-6-10-16-29(39)43-17-12-11-15-24-19-27(38)34-20-28-35-26(21-44-28)30-37-33(2,22-45-30)32(41)36-25(31(40)42-24)18-23-13-8-7-9-14-23/h7-9,11,13-15,21,24-25H,3-6,10,12,16-20,22H2,1-2H3,(H,34,38)(H,36,41)/b15-11+/t24-,25?,33+/m1/s1. The van der Waals surface area contributed by atoms with Gasteiger partial charge in [0.25, 0.3) is 0 Å². The van der Waals surface area contributed by atoms with Crippen molar-refractivity contribution in [3.8, 4) is 0 Å². The lowest BCUT2D eigenvalue weighted by molar-refractivity contribution is -0.152. The second-order valence-electron chi connectivity index (χ2n) is 11.4. The number of thioether (sulfide) groups is 2. The molecular formula is C33H42N4O5S3. The van der Waals surface area contributed by atoms with E-state index < -0.39 is 23.7 Å². The van der Waals surface area contributed by atoms with Crippen LogP contribution in [0.15, 0.2) is 52.9 Å². The molecule has 2 aliphatic heterocycles. The third-order valence-electron chi connectivity index (χ3n) is 7.44. The Morgan fingerprint density at radius 2 is 1.96 bits per heavy atom. The second-order valence-corrected chi connectivity index (χ2v) is 14.4. The number of hydrogen-bond donors (Lipinski definition) is 2. The van der Waals surface area contributed by atoms with Gasteiger partial charge in [0.15, 0.2) is 5.12 Å². The average molecular weight is 671 g/mol. The maximum absolute atomic E-state index is 13.6. The highest BCUT2D eigenvalue weighted by Crippen LogP contribution is 2.32. The first-order chi connectivity index (χ1) is 21.8. The van der Waals surface area contributed by atoms with Crippen LogP contribution in [0.1, 0.15) is 81.5 Å². The molecule has 0 aliphatic carbocycles. The molecule has 9 nitrogen and oxygen atoms in total. The summed E-state index contributed by atoms with van der Waals surface area (Å²) in [5.74, 6) is -0.277. The monoisotopic (exact) mass is 670 g/mol. The molecule has 4 rings (SSSR count). The van der Waals surface area contributed by atoms with E-state index in [2.05, 4.69) is 22.5 Å². The van der Waals surface area contributed by atoms with Crippen molar-refractivity contribution in [2.24, 2.45) is 4.99 Å². The number of hydrogen-bond acceptors (Lipinski definition) is 10. The van der Waals surface area contributed by atoms with Crippen LogP contribution in [0.5, 0.6) is 0 Å². The van der Waals surface area contributed by atoms with E-state index in [1.165, 1.54) is 54.1 Å². The molecule has 3 atom stereocenters. The maximum Gasteiger partial charge on any atom is 0.329 e. The first-order valence-electron chi connectivity index (χ1n) is 15.6. The Morgan fingerprint density at radius 3 is 2.76 bits per heavy atom. The molecule has 45 heavy (non-hydrogen) atoms. The summed E-state index contributed by atoms with van der Waals surface area (Å²) in [7, 11) is 0. The van der Waals surface area contributed by atoms with Crippen molar-refractivity contribution in [3.63, 3.8) is 0 Å².